The van der Waals surface area contributed by atoms with Crippen LogP contribution in [0.1, 0.15) is 37.7 Å². The van der Waals surface area contributed by atoms with Crippen LogP contribution >= 0.6 is 0 Å². The summed E-state index contributed by atoms with van der Waals surface area (Å²) in [7, 11) is 0. The molecule has 1 fully saturated rings. The lowest BCUT2D eigenvalue weighted by atomic mass is 10.1. The third kappa shape index (κ3) is 6.09. The minimum atomic E-state index is -0.495. The number of fused-ring (bicyclic) bond motifs is 2. The molecule has 0 atom stereocenters. The zero-order chi connectivity index (χ0) is 28.6. The van der Waals surface area contributed by atoms with Gasteiger partial charge >= 0.3 is 6.09 Å². The highest BCUT2D eigenvalue weighted by Gasteiger charge is 2.26. The van der Waals surface area contributed by atoms with Gasteiger partial charge in [0, 0.05) is 56.0 Å². The molecule has 4 heterocycles. The first kappa shape index (κ1) is 26.9. The van der Waals surface area contributed by atoms with Crippen molar-refractivity contribution >= 4 is 34.2 Å². The highest BCUT2D eigenvalue weighted by molar-refractivity contribution is 5.93. The second kappa shape index (κ2) is 11.0. The number of piperazine rings is 1. The van der Waals surface area contributed by atoms with E-state index in [4.69, 9.17) is 4.74 Å². The van der Waals surface area contributed by atoms with E-state index in [-0.39, 0.29) is 6.09 Å². The molecule has 1 N–H and O–H groups in total. The molecule has 2 aromatic carbocycles. The van der Waals surface area contributed by atoms with Crippen molar-refractivity contribution < 1.29 is 9.53 Å². The third-order valence-corrected chi connectivity index (χ3v) is 7.60. The zero-order valence-electron chi connectivity index (χ0n) is 24.2. The maximum atomic E-state index is 12.5. The van der Waals surface area contributed by atoms with Crippen molar-refractivity contribution in [2.45, 2.75) is 52.9 Å². The van der Waals surface area contributed by atoms with E-state index < -0.39 is 5.60 Å². The number of hydrogen-bond donors (Lipinski definition) is 1. The molecule has 11 heteroatoms. The van der Waals surface area contributed by atoms with Crippen molar-refractivity contribution in [3.63, 3.8) is 0 Å². The predicted octanol–water partition coefficient (Wildman–Crippen LogP) is 4.35. The summed E-state index contributed by atoms with van der Waals surface area (Å²) in [6, 6.07) is 12.7. The number of hydrogen-bond acceptors (Lipinski definition) is 9. The molecule has 2 aliphatic heterocycles. The van der Waals surface area contributed by atoms with Crippen LogP contribution in [-0.2, 0) is 24.4 Å². The van der Waals surface area contributed by atoms with Gasteiger partial charge in [0.1, 0.15) is 29.9 Å². The largest absolute Gasteiger partial charge is 0.444 e. The van der Waals surface area contributed by atoms with Gasteiger partial charge < -0.3 is 19.9 Å². The maximum absolute atomic E-state index is 12.5. The fourth-order valence-corrected chi connectivity index (χ4v) is 5.39. The van der Waals surface area contributed by atoms with Gasteiger partial charge in [-0.25, -0.2) is 24.4 Å². The van der Waals surface area contributed by atoms with Gasteiger partial charge in [0.15, 0.2) is 0 Å². The average Bonchev–Trinajstić information content (AvgIpc) is 3.42. The van der Waals surface area contributed by atoms with E-state index in [1.54, 1.807) is 17.6 Å². The number of aromatic nitrogens is 5. The number of amides is 1. The minimum absolute atomic E-state index is 0.253. The number of ether oxygens (including phenoxy) is 1. The highest BCUT2D eigenvalue weighted by atomic mass is 16.6. The summed E-state index contributed by atoms with van der Waals surface area (Å²) in [5, 5.41) is 8.76. The highest BCUT2D eigenvalue weighted by Crippen LogP contribution is 2.29. The Hall–Kier alpha value is -4.25. The van der Waals surface area contributed by atoms with Crippen LogP contribution in [0.25, 0.3) is 10.9 Å². The molecule has 0 aliphatic carbocycles. The first-order valence-electron chi connectivity index (χ1n) is 14.1. The monoisotopic (exact) mass is 555 g/mol. The molecule has 0 saturated carbocycles. The van der Waals surface area contributed by atoms with Crippen LogP contribution in [0, 0.1) is 6.92 Å². The summed E-state index contributed by atoms with van der Waals surface area (Å²) in [6.07, 6.45) is 2.98. The Morgan fingerprint density at radius 1 is 0.951 bits per heavy atom. The van der Waals surface area contributed by atoms with Crippen LogP contribution in [0.15, 0.2) is 49.1 Å². The first-order valence-corrected chi connectivity index (χ1v) is 14.1. The van der Waals surface area contributed by atoms with E-state index in [1.807, 2.05) is 31.5 Å². The van der Waals surface area contributed by atoms with E-state index in [2.05, 4.69) is 72.4 Å². The number of carbonyl (C=O) groups is 1. The van der Waals surface area contributed by atoms with Crippen LogP contribution in [0.2, 0.25) is 0 Å². The van der Waals surface area contributed by atoms with Crippen molar-refractivity contribution in [1.29, 1.82) is 0 Å². The number of rotatable bonds is 5. The molecule has 6 rings (SSSR count). The van der Waals surface area contributed by atoms with Gasteiger partial charge in [-0.05, 0) is 69.2 Å². The zero-order valence-corrected chi connectivity index (χ0v) is 24.2. The van der Waals surface area contributed by atoms with Crippen LogP contribution in [-0.4, -0.2) is 79.0 Å². The van der Waals surface area contributed by atoms with Gasteiger partial charge in [-0.3, -0.25) is 4.90 Å². The van der Waals surface area contributed by atoms with Crippen molar-refractivity contribution in [3.8, 4) is 0 Å². The topological polar surface area (TPSA) is 105 Å². The van der Waals surface area contributed by atoms with E-state index >= 15 is 0 Å². The molecule has 1 saturated heterocycles. The SMILES string of the molecule is Cc1cc(Nc2ncnc3ccc(N4CCN(C(=O)OC(C)(C)C)CC4)cc23)ccc1CN1CCn2ncnc2C1. The molecule has 11 nitrogen and oxygen atoms in total. The van der Waals surface area contributed by atoms with E-state index in [9.17, 15) is 4.79 Å². The Labute approximate surface area is 240 Å². The maximum Gasteiger partial charge on any atom is 0.410 e. The fraction of sp³-hybridized carbons (Fsp3) is 0.433. The lowest BCUT2D eigenvalue weighted by molar-refractivity contribution is 0.0240. The van der Waals surface area contributed by atoms with Crippen LogP contribution < -0.4 is 10.2 Å². The van der Waals surface area contributed by atoms with Crippen molar-refractivity contribution in [2.75, 3.05) is 42.9 Å². The van der Waals surface area contributed by atoms with Crippen LogP contribution in [0.3, 0.4) is 0 Å². The number of nitrogens with zero attached hydrogens (tertiary/aromatic N) is 8. The lowest BCUT2D eigenvalue weighted by Crippen LogP contribution is -2.50. The van der Waals surface area contributed by atoms with Gasteiger partial charge in [-0.15, -0.1) is 0 Å². The normalized spacial score (nSPS) is 16.1. The smallest absolute Gasteiger partial charge is 0.410 e. The second-order valence-corrected chi connectivity index (χ2v) is 11.8. The molecule has 0 unspecified atom stereocenters. The van der Waals surface area contributed by atoms with Crippen molar-refractivity contribution in [3.05, 3.63) is 66.0 Å². The summed E-state index contributed by atoms with van der Waals surface area (Å²) in [5.41, 5.74) is 4.98. The Balaban J connectivity index is 1.14. The summed E-state index contributed by atoms with van der Waals surface area (Å²) < 4.78 is 7.53. The molecule has 2 aromatic heterocycles. The molecule has 2 aliphatic rings. The first-order chi connectivity index (χ1) is 19.7. The molecule has 41 heavy (non-hydrogen) atoms. The molecule has 1 amide bonds. The Kier molecular flexibility index (Phi) is 7.21. The molecule has 0 spiro atoms. The summed E-state index contributed by atoms with van der Waals surface area (Å²) in [4.78, 5) is 32.4. The van der Waals surface area contributed by atoms with E-state index in [1.165, 1.54) is 11.1 Å². The van der Waals surface area contributed by atoms with Gasteiger partial charge in [-0.1, -0.05) is 6.07 Å². The Morgan fingerprint density at radius 3 is 2.56 bits per heavy atom. The molecule has 0 bridgehead atoms. The predicted molar refractivity (Wildman–Crippen MR) is 158 cm³/mol. The number of aryl methyl sites for hydroxylation is 1. The molecule has 4 aromatic rings. The van der Waals surface area contributed by atoms with E-state index in [0.717, 1.165) is 73.2 Å². The van der Waals surface area contributed by atoms with Crippen molar-refractivity contribution in [2.24, 2.45) is 0 Å². The Bertz CT molecular complexity index is 1550. The standard InChI is InChI=1S/C30H37N9O2/c1-21-15-23(6-5-22(21)17-36-9-14-39-27(18-36)32-20-34-39)35-28-25-16-24(7-8-26(25)31-19-33-28)37-10-12-38(13-11-37)29(40)41-30(2,3)4/h5-8,15-16,19-20H,9-14,17-18H2,1-4H3,(H,31,33,35). The quantitative estimate of drug-likeness (QED) is 0.385. The summed E-state index contributed by atoms with van der Waals surface area (Å²) in [6.45, 7) is 14.0. The second-order valence-electron chi connectivity index (χ2n) is 11.8. The molecular formula is C30H37N9O2. The van der Waals surface area contributed by atoms with E-state index in [0.29, 0.717) is 13.1 Å². The van der Waals surface area contributed by atoms with Crippen LogP contribution in [0.5, 0.6) is 0 Å². The number of anilines is 3. The lowest BCUT2D eigenvalue weighted by Gasteiger charge is -2.36. The number of carbonyl (C=O) groups excluding carboxylic acids is 1. The number of benzene rings is 2. The Morgan fingerprint density at radius 2 is 1.78 bits per heavy atom. The molecule has 214 valence electrons. The fourth-order valence-electron chi connectivity index (χ4n) is 5.39. The van der Waals surface area contributed by atoms with Gasteiger partial charge in [0.05, 0.1) is 18.6 Å². The van der Waals surface area contributed by atoms with Gasteiger partial charge in [-0.2, -0.15) is 5.10 Å². The van der Waals surface area contributed by atoms with Crippen molar-refractivity contribution in [1.82, 2.24) is 34.5 Å². The minimum Gasteiger partial charge on any atom is -0.444 e. The summed E-state index contributed by atoms with van der Waals surface area (Å²) >= 11 is 0. The third-order valence-electron chi connectivity index (χ3n) is 7.60. The average molecular weight is 556 g/mol. The van der Waals surface area contributed by atoms with Crippen LogP contribution in [0.4, 0.5) is 22.0 Å². The summed E-state index contributed by atoms with van der Waals surface area (Å²) in [5.74, 6) is 1.79. The van der Waals surface area contributed by atoms with Gasteiger partial charge in [0.2, 0.25) is 0 Å². The number of nitrogens with one attached hydrogen (secondary N) is 1. The van der Waals surface area contributed by atoms with Gasteiger partial charge in [0.25, 0.3) is 0 Å². The molecular weight excluding hydrogens is 518 g/mol. The molecule has 0 radical (unpaired) electrons.